The molecule has 1 atom stereocenters. The minimum absolute atomic E-state index is 0.0971. The molecule has 0 saturated carbocycles. The van der Waals surface area contributed by atoms with Gasteiger partial charge in [-0.05, 0) is 47.7 Å². The van der Waals surface area contributed by atoms with Crippen molar-refractivity contribution in [3.05, 3.63) is 119 Å². The Bertz CT molecular complexity index is 1230. The predicted octanol–water partition coefficient (Wildman–Crippen LogP) is 6.09. The van der Waals surface area contributed by atoms with Gasteiger partial charge in [-0.15, -0.1) is 0 Å². The van der Waals surface area contributed by atoms with Gasteiger partial charge in [-0.3, -0.25) is 9.59 Å². The van der Waals surface area contributed by atoms with Gasteiger partial charge in [0.25, 0.3) is 5.91 Å². The van der Waals surface area contributed by atoms with Gasteiger partial charge in [0.1, 0.15) is 5.75 Å². The molecule has 1 aliphatic rings. The first-order valence-corrected chi connectivity index (χ1v) is 12.4. The van der Waals surface area contributed by atoms with Crippen molar-refractivity contribution in [3.63, 3.8) is 0 Å². The van der Waals surface area contributed by atoms with E-state index in [0.717, 1.165) is 35.3 Å². The summed E-state index contributed by atoms with van der Waals surface area (Å²) in [7, 11) is 0. The third-order valence-corrected chi connectivity index (χ3v) is 6.24. The van der Waals surface area contributed by atoms with Crippen LogP contribution in [0.3, 0.4) is 0 Å². The first-order chi connectivity index (χ1) is 17.6. The lowest BCUT2D eigenvalue weighted by atomic mass is 9.95. The number of benzene rings is 3. The van der Waals surface area contributed by atoms with Gasteiger partial charge in [0, 0.05) is 6.54 Å². The number of allylic oxidation sites excluding steroid dienone is 1. The number of ketones is 1. The third kappa shape index (κ3) is 5.92. The molecular weight excluding hydrogens is 450 g/mol. The van der Waals surface area contributed by atoms with E-state index in [1.807, 2.05) is 84.9 Å². The van der Waals surface area contributed by atoms with Crippen molar-refractivity contribution in [3.8, 4) is 5.75 Å². The van der Waals surface area contributed by atoms with Crippen molar-refractivity contribution in [2.24, 2.45) is 0 Å². The van der Waals surface area contributed by atoms with Crippen LogP contribution in [-0.2, 0) is 16.0 Å². The Kier molecular flexibility index (Phi) is 8.35. The van der Waals surface area contributed by atoms with Crippen molar-refractivity contribution >= 4 is 17.8 Å². The SMILES string of the molecule is CCCCOc1ccc(C2C(C(=O)/C=C/c3ccccc3)=C(O)C(=O)N2CCc2ccccc2)cc1. The highest BCUT2D eigenvalue weighted by atomic mass is 16.5. The van der Waals surface area contributed by atoms with E-state index < -0.39 is 17.7 Å². The van der Waals surface area contributed by atoms with Gasteiger partial charge < -0.3 is 14.7 Å². The van der Waals surface area contributed by atoms with Crippen LogP contribution in [0.5, 0.6) is 5.75 Å². The van der Waals surface area contributed by atoms with Crippen molar-refractivity contribution in [2.75, 3.05) is 13.2 Å². The Labute approximate surface area is 212 Å². The highest BCUT2D eigenvalue weighted by Crippen LogP contribution is 2.38. The number of carbonyl (C=O) groups excluding carboxylic acids is 2. The number of amides is 1. The molecule has 0 radical (unpaired) electrons. The molecule has 4 rings (SSSR count). The molecule has 1 heterocycles. The number of nitrogens with zero attached hydrogens (tertiary/aromatic N) is 1. The number of rotatable bonds is 11. The number of carbonyl (C=O) groups is 2. The van der Waals surface area contributed by atoms with Gasteiger partial charge >= 0.3 is 0 Å². The Morgan fingerprint density at radius 1 is 0.972 bits per heavy atom. The molecule has 0 fully saturated rings. The van der Waals surface area contributed by atoms with Crippen LogP contribution < -0.4 is 4.74 Å². The molecule has 0 saturated heterocycles. The number of unbranched alkanes of at least 4 members (excludes halogenated alkanes) is 1. The minimum atomic E-state index is -0.682. The van der Waals surface area contributed by atoms with E-state index in [-0.39, 0.29) is 11.4 Å². The Morgan fingerprint density at radius 3 is 2.31 bits per heavy atom. The van der Waals surface area contributed by atoms with E-state index in [9.17, 15) is 14.7 Å². The summed E-state index contributed by atoms with van der Waals surface area (Å²) in [6.07, 6.45) is 5.74. The van der Waals surface area contributed by atoms with Crippen molar-refractivity contribution in [1.82, 2.24) is 4.90 Å². The zero-order valence-corrected chi connectivity index (χ0v) is 20.5. The maximum Gasteiger partial charge on any atom is 0.290 e. The van der Waals surface area contributed by atoms with Crippen LogP contribution in [0.25, 0.3) is 6.08 Å². The Morgan fingerprint density at radius 2 is 1.64 bits per heavy atom. The van der Waals surface area contributed by atoms with E-state index in [0.29, 0.717) is 19.6 Å². The molecule has 1 unspecified atom stereocenters. The quantitative estimate of drug-likeness (QED) is 0.266. The zero-order valence-electron chi connectivity index (χ0n) is 20.5. The van der Waals surface area contributed by atoms with Crippen LogP contribution in [0.1, 0.15) is 42.5 Å². The standard InChI is InChI=1S/C31H31NO4/c1-2-3-22-36-26-17-15-25(16-18-26)29-28(27(33)19-14-23-10-6-4-7-11-23)30(34)31(35)32(29)21-20-24-12-8-5-9-13-24/h4-19,29,34H,2-3,20-22H2,1H3/b19-14+. The van der Waals surface area contributed by atoms with Crippen LogP contribution in [0, 0.1) is 0 Å². The molecule has 36 heavy (non-hydrogen) atoms. The Hall–Kier alpha value is -4.12. The fourth-order valence-electron chi connectivity index (χ4n) is 4.28. The summed E-state index contributed by atoms with van der Waals surface area (Å²) < 4.78 is 5.78. The molecule has 5 heteroatoms. The fraction of sp³-hybridized carbons (Fsp3) is 0.226. The maximum absolute atomic E-state index is 13.3. The molecule has 0 aliphatic carbocycles. The largest absolute Gasteiger partial charge is 0.503 e. The predicted molar refractivity (Wildman–Crippen MR) is 142 cm³/mol. The average molecular weight is 482 g/mol. The molecule has 1 N–H and O–H groups in total. The van der Waals surface area contributed by atoms with Crippen LogP contribution in [0.2, 0.25) is 0 Å². The molecule has 0 spiro atoms. The van der Waals surface area contributed by atoms with E-state index in [1.54, 1.807) is 11.0 Å². The highest BCUT2D eigenvalue weighted by Gasteiger charge is 2.42. The van der Waals surface area contributed by atoms with Gasteiger partial charge in [-0.1, -0.05) is 92.2 Å². The van der Waals surface area contributed by atoms with Crippen LogP contribution >= 0.6 is 0 Å². The fourth-order valence-corrected chi connectivity index (χ4v) is 4.28. The van der Waals surface area contributed by atoms with Crippen molar-refractivity contribution < 1.29 is 19.4 Å². The first kappa shape index (κ1) is 25.0. The lowest BCUT2D eigenvalue weighted by Crippen LogP contribution is -2.33. The van der Waals surface area contributed by atoms with E-state index in [2.05, 4.69) is 6.92 Å². The van der Waals surface area contributed by atoms with Crippen LogP contribution in [-0.4, -0.2) is 34.8 Å². The maximum atomic E-state index is 13.3. The smallest absolute Gasteiger partial charge is 0.290 e. The second-order valence-corrected chi connectivity index (χ2v) is 8.78. The number of aliphatic hydroxyl groups is 1. The molecule has 184 valence electrons. The topological polar surface area (TPSA) is 66.8 Å². The summed E-state index contributed by atoms with van der Waals surface area (Å²) in [6.45, 7) is 3.11. The summed E-state index contributed by atoms with van der Waals surface area (Å²) in [5.41, 5.74) is 2.79. The lowest BCUT2D eigenvalue weighted by Gasteiger charge is -2.27. The molecule has 0 aromatic heterocycles. The average Bonchev–Trinajstić information content (AvgIpc) is 3.17. The van der Waals surface area contributed by atoms with E-state index in [1.165, 1.54) is 6.08 Å². The molecule has 1 amide bonds. The summed E-state index contributed by atoms with van der Waals surface area (Å²) in [5.74, 6) is -0.674. The van der Waals surface area contributed by atoms with Gasteiger partial charge in [0.05, 0.1) is 18.2 Å². The van der Waals surface area contributed by atoms with Crippen molar-refractivity contribution in [1.29, 1.82) is 0 Å². The number of hydrogen-bond donors (Lipinski definition) is 1. The molecule has 3 aromatic rings. The van der Waals surface area contributed by atoms with Gasteiger partial charge in [0.2, 0.25) is 0 Å². The third-order valence-electron chi connectivity index (χ3n) is 6.24. The lowest BCUT2D eigenvalue weighted by molar-refractivity contribution is -0.129. The van der Waals surface area contributed by atoms with Gasteiger partial charge in [-0.25, -0.2) is 0 Å². The van der Waals surface area contributed by atoms with Gasteiger partial charge in [0.15, 0.2) is 11.5 Å². The highest BCUT2D eigenvalue weighted by molar-refractivity contribution is 6.14. The second-order valence-electron chi connectivity index (χ2n) is 8.78. The zero-order chi connectivity index (χ0) is 25.3. The molecule has 1 aliphatic heterocycles. The second kappa shape index (κ2) is 12.0. The van der Waals surface area contributed by atoms with E-state index >= 15 is 0 Å². The van der Waals surface area contributed by atoms with Crippen LogP contribution in [0.15, 0.2) is 102 Å². The van der Waals surface area contributed by atoms with Crippen molar-refractivity contribution in [2.45, 2.75) is 32.2 Å². The minimum Gasteiger partial charge on any atom is -0.503 e. The molecule has 0 bridgehead atoms. The monoisotopic (exact) mass is 481 g/mol. The first-order valence-electron chi connectivity index (χ1n) is 12.4. The molecular formula is C31H31NO4. The number of ether oxygens (including phenoxy) is 1. The number of hydrogen-bond acceptors (Lipinski definition) is 4. The van der Waals surface area contributed by atoms with Crippen LogP contribution in [0.4, 0.5) is 0 Å². The summed E-state index contributed by atoms with van der Waals surface area (Å²) in [4.78, 5) is 28.1. The normalized spacial score (nSPS) is 15.6. The summed E-state index contributed by atoms with van der Waals surface area (Å²) >= 11 is 0. The summed E-state index contributed by atoms with van der Waals surface area (Å²) in [6, 6.07) is 26.0. The number of aliphatic hydroxyl groups excluding tert-OH is 1. The van der Waals surface area contributed by atoms with E-state index in [4.69, 9.17) is 4.74 Å². The molecule has 5 nitrogen and oxygen atoms in total. The Balaban J connectivity index is 1.62. The van der Waals surface area contributed by atoms with Gasteiger partial charge in [-0.2, -0.15) is 0 Å². The molecule has 3 aromatic carbocycles. The summed E-state index contributed by atoms with van der Waals surface area (Å²) in [5, 5.41) is 10.8.